The molecule has 4 aliphatic rings. The summed E-state index contributed by atoms with van der Waals surface area (Å²) < 4.78 is 6.44. The second-order valence-corrected chi connectivity index (χ2v) is 14.7. The highest BCUT2D eigenvalue weighted by Gasteiger charge is 2.34. The monoisotopic (exact) mass is 600 g/mol. The van der Waals surface area contributed by atoms with Crippen LogP contribution in [0, 0.1) is 23.2 Å². The number of nitrogens with zero attached hydrogens (tertiary/aromatic N) is 3. The van der Waals surface area contributed by atoms with Gasteiger partial charge >= 0.3 is 0 Å². The van der Waals surface area contributed by atoms with Crippen LogP contribution in [0.2, 0.25) is 5.15 Å². The molecule has 2 fully saturated rings. The Morgan fingerprint density at radius 1 is 1.16 bits per heavy atom. The summed E-state index contributed by atoms with van der Waals surface area (Å²) in [6.07, 6.45) is 15.2. The molecule has 0 spiro atoms. The van der Waals surface area contributed by atoms with Crippen LogP contribution < -0.4 is 10.5 Å². The summed E-state index contributed by atoms with van der Waals surface area (Å²) in [4.78, 5) is 11.9. The first kappa shape index (κ1) is 30.6. The molecule has 1 aromatic carbocycles. The number of allylic oxidation sites excluding steroid dienone is 3. The second kappa shape index (κ2) is 12.9. The fourth-order valence-electron chi connectivity index (χ4n) is 7.72. The van der Waals surface area contributed by atoms with Gasteiger partial charge in [-0.25, -0.2) is 4.98 Å². The van der Waals surface area contributed by atoms with Gasteiger partial charge in [0.05, 0.1) is 6.61 Å². The molecule has 0 amide bonds. The largest absolute Gasteiger partial charge is 0.493 e. The lowest BCUT2D eigenvalue weighted by atomic mass is 9.69. The van der Waals surface area contributed by atoms with E-state index >= 15 is 0 Å². The maximum Gasteiger partial charge on any atom is 0.133 e. The molecule has 1 saturated carbocycles. The van der Waals surface area contributed by atoms with E-state index in [4.69, 9.17) is 27.1 Å². The molecule has 1 aromatic heterocycles. The molecule has 3 aliphatic heterocycles. The third-order valence-corrected chi connectivity index (χ3v) is 10.8. The molecule has 4 heterocycles. The molecular formula is C37H49ClN4O. The number of rotatable bonds is 6. The van der Waals surface area contributed by atoms with E-state index in [1.807, 2.05) is 6.20 Å². The number of likely N-dealkylation sites (tertiary alicyclic amines) is 1. The van der Waals surface area contributed by atoms with Crippen LogP contribution in [0.25, 0.3) is 11.1 Å². The van der Waals surface area contributed by atoms with E-state index < -0.39 is 0 Å². The van der Waals surface area contributed by atoms with Crippen LogP contribution in [0.4, 0.5) is 0 Å². The summed E-state index contributed by atoms with van der Waals surface area (Å²) in [5.41, 5.74) is 15.7. The minimum atomic E-state index is 0.253. The van der Waals surface area contributed by atoms with Crippen LogP contribution in [0.5, 0.6) is 5.75 Å². The molecule has 0 radical (unpaired) electrons. The third-order valence-electron chi connectivity index (χ3n) is 10.4. The number of aromatic nitrogens is 1. The lowest BCUT2D eigenvalue weighted by Gasteiger charge is -2.36. The lowest BCUT2D eigenvalue weighted by Crippen LogP contribution is -2.27. The van der Waals surface area contributed by atoms with E-state index in [0.29, 0.717) is 28.3 Å². The maximum absolute atomic E-state index is 6.55. The average molecular weight is 601 g/mol. The number of benzene rings is 1. The molecule has 1 saturated heterocycles. The Kier molecular flexibility index (Phi) is 9.14. The smallest absolute Gasteiger partial charge is 0.133 e. The summed E-state index contributed by atoms with van der Waals surface area (Å²) in [5, 5.41) is 0.582. The van der Waals surface area contributed by atoms with Crippen LogP contribution in [0.15, 0.2) is 58.9 Å². The van der Waals surface area contributed by atoms with Gasteiger partial charge in [0.2, 0.25) is 0 Å². The Labute approximate surface area is 263 Å². The number of ether oxygens (including phenoxy) is 1. The van der Waals surface area contributed by atoms with E-state index in [2.05, 4.69) is 74.1 Å². The van der Waals surface area contributed by atoms with Gasteiger partial charge in [-0.3, -0.25) is 9.89 Å². The van der Waals surface area contributed by atoms with Gasteiger partial charge in [-0.05, 0) is 109 Å². The zero-order valence-corrected chi connectivity index (χ0v) is 27.3. The van der Waals surface area contributed by atoms with Crippen LogP contribution in [0.1, 0.15) is 83.8 Å². The molecular weight excluding hydrogens is 552 g/mol. The van der Waals surface area contributed by atoms with Crippen LogP contribution >= 0.6 is 11.6 Å². The van der Waals surface area contributed by atoms with Gasteiger partial charge in [0.25, 0.3) is 0 Å². The van der Waals surface area contributed by atoms with Crippen molar-refractivity contribution in [2.24, 2.45) is 33.9 Å². The van der Waals surface area contributed by atoms with Crippen molar-refractivity contribution in [2.45, 2.75) is 91.6 Å². The van der Waals surface area contributed by atoms with Crippen molar-refractivity contribution in [1.29, 1.82) is 0 Å². The van der Waals surface area contributed by atoms with Crippen LogP contribution in [0.3, 0.4) is 0 Å². The van der Waals surface area contributed by atoms with E-state index in [0.717, 1.165) is 88.1 Å². The van der Waals surface area contributed by atoms with E-state index in [-0.39, 0.29) is 6.04 Å². The fourth-order valence-corrected chi connectivity index (χ4v) is 7.89. The highest BCUT2D eigenvalue weighted by Crippen LogP contribution is 2.44. The molecule has 230 valence electrons. The highest BCUT2D eigenvalue weighted by molar-refractivity contribution is 6.30. The molecule has 1 aliphatic carbocycles. The summed E-state index contributed by atoms with van der Waals surface area (Å²) in [6.45, 7) is 13.1. The Balaban J connectivity index is 1.24. The summed E-state index contributed by atoms with van der Waals surface area (Å²) in [7, 11) is 0. The lowest BCUT2D eigenvalue weighted by molar-refractivity contribution is 0.219. The Morgan fingerprint density at radius 2 is 2.02 bits per heavy atom. The van der Waals surface area contributed by atoms with Crippen molar-refractivity contribution in [3.05, 3.63) is 70.2 Å². The molecule has 0 bridgehead atoms. The summed E-state index contributed by atoms with van der Waals surface area (Å²) in [5.74, 6) is 2.62. The summed E-state index contributed by atoms with van der Waals surface area (Å²) >= 11 is 6.55. The number of pyridine rings is 1. The standard InChI is InChI=1S/C37H49ClN4O/c1-5-25-9-13-40-34-8-12-37(3,4)20-33(34)32(25)19-26-11-15-43-35-7-6-27(17-28(35)16-24(26)2)29-18-30(36(38)41-21-29)22-42-14-10-31(39)23-42/h6-7,9,13,17-18,21,24-26,31H,5,8,10-12,14-16,19-20,22-23,39H2,1-4H3. The molecule has 4 unspecified atom stereocenters. The van der Waals surface area contributed by atoms with Gasteiger partial charge in [-0.1, -0.05) is 57.0 Å². The first-order valence-corrected chi connectivity index (χ1v) is 16.9. The summed E-state index contributed by atoms with van der Waals surface area (Å²) in [6, 6.07) is 9.12. The van der Waals surface area contributed by atoms with E-state index in [1.54, 1.807) is 11.1 Å². The molecule has 2 N–H and O–H groups in total. The molecule has 43 heavy (non-hydrogen) atoms. The van der Waals surface area contributed by atoms with Gasteiger partial charge in [0.1, 0.15) is 10.9 Å². The molecule has 5 nitrogen and oxygen atoms in total. The molecule has 6 heteroatoms. The predicted octanol–water partition coefficient (Wildman–Crippen LogP) is 8.40. The van der Waals surface area contributed by atoms with Gasteiger partial charge in [0.15, 0.2) is 0 Å². The number of nitrogens with two attached hydrogens (primary N) is 1. The van der Waals surface area contributed by atoms with E-state index in [9.17, 15) is 0 Å². The van der Waals surface area contributed by atoms with Crippen LogP contribution in [-0.4, -0.2) is 41.3 Å². The highest BCUT2D eigenvalue weighted by atomic mass is 35.5. The van der Waals surface area contributed by atoms with Crippen molar-refractivity contribution < 1.29 is 4.74 Å². The molecule has 6 rings (SSSR count). The SMILES string of the molecule is CCC1C=CN=C2CCC(C)(C)CC2=C1CC1CCOc2ccc(-c3cnc(Cl)c(CN4CCC(N)C4)c3)cc2CC1C. The predicted molar refractivity (Wildman–Crippen MR) is 179 cm³/mol. The van der Waals surface area contributed by atoms with E-state index in [1.165, 1.54) is 23.3 Å². The van der Waals surface area contributed by atoms with Crippen molar-refractivity contribution in [3.8, 4) is 16.9 Å². The van der Waals surface area contributed by atoms with Crippen molar-refractivity contribution in [1.82, 2.24) is 9.88 Å². The fraction of sp³-hybridized carbons (Fsp3) is 0.568. The maximum atomic E-state index is 6.55. The minimum absolute atomic E-state index is 0.253. The number of hydrogen-bond acceptors (Lipinski definition) is 5. The minimum Gasteiger partial charge on any atom is -0.493 e. The van der Waals surface area contributed by atoms with Crippen molar-refractivity contribution in [2.75, 3.05) is 19.7 Å². The van der Waals surface area contributed by atoms with Gasteiger partial charge in [0, 0.05) is 54.9 Å². The number of aliphatic imine (C=N–C) groups is 1. The number of hydrogen-bond donors (Lipinski definition) is 1. The number of halogens is 1. The average Bonchev–Trinajstić information content (AvgIpc) is 3.30. The first-order chi connectivity index (χ1) is 20.7. The van der Waals surface area contributed by atoms with Crippen LogP contribution in [-0.2, 0) is 13.0 Å². The van der Waals surface area contributed by atoms with Gasteiger partial charge < -0.3 is 10.5 Å². The molecule has 2 aromatic rings. The third kappa shape index (κ3) is 6.95. The quantitative estimate of drug-likeness (QED) is 0.338. The zero-order valence-electron chi connectivity index (χ0n) is 26.5. The topological polar surface area (TPSA) is 63.7 Å². The van der Waals surface area contributed by atoms with Crippen molar-refractivity contribution >= 4 is 17.3 Å². The normalized spacial score (nSPS) is 27.4. The zero-order chi connectivity index (χ0) is 30.1. The Hall–Kier alpha value is -2.47. The Morgan fingerprint density at radius 3 is 2.81 bits per heavy atom. The Bertz CT molecular complexity index is 1430. The number of fused-ring (bicyclic) bond motifs is 2. The first-order valence-electron chi connectivity index (χ1n) is 16.5. The second-order valence-electron chi connectivity index (χ2n) is 14.3. The van der Waals surface area contributed by atoms with Gasteiger partial charge in [-0.2, -0.15) is 0 Å². The molecule has 4 atom stereocenters. The van der Waals surface area contributed by atoms with Crippen molar-refractivity contribution in [3.63, 3.8) is 0 Å². The van der Waals surface area contributed by atoms with Gasteiger partial charge in [-0.15, -0.1) is 0 Å².